The van der Waals surface area contributed by atoms with Crippen LogP contribution in [-0.2, 0) is 9.63 Å². The number of halogens is 1. The van der Waals surface area contributed by atoms with Crippen LogP contribution in [0.25, 0.3) is 0 Å². The van der Waals surface area contributed by atoms with Crippen LogP contribution in [-0.4, -0.2) is 43.5 Å². The largest absolute Gasteiger partial charge is 0.392 e. The minimum atomic E-state index is -2.97. The summed E-state index contributed by atoms with van der Waals surface area (Å²) in [6.45, 7) is 1.33. The average molecular weight is 444 g/mol. The monoisotopic (exact) mass is 443 g/mol. The van der Waals surface area contributed by atoms with Crippen LogP contribution in [0.1, 0.15) is 18.9 Å². The molecule has 8 nitrogen and oxygen atoms in total. The van der Waals surface area contributed by atoms with E-state index in [0.717, 1.165) is 11.3 Å². The van der Waals surface area contributed by atoms with Gasteiger partial charge in [-0.25, -0.2) is 4.98 Å². The van der Waals surface area contributed by atoms with Crippen molar-refractivity contribution in [3.63, 3.8) is 0 Å². The third-order valence-corrected chi connectivity index (χ3v) is 6.71. The number of allylic oxidation sites excluding steroid dienone is 2. The van der Waals surface area contributed by atoms with Crippen molar-refractivity contribution < 1.29 is 23.8 Å². The average Bonchev–Trinajstić information content (AvgIpc) is 3.46. The predicted molar refractivity (Wildman–Crippen MR) is 110 cm³/mol. The molecule has 1 atom stereocenters. The van der Waals surface area contributed by atoms with Gasteiger partial charge >= 0.3 is 0 Å². The van der Waals surface area contributed by atoms with Gasteiger partial charge in [-0.15, -0.1) is 10.6 Å². The molecular formula is C17H18ClN3O5S2. The normalized spacial score (nSPS) is 15.6. The molecule has 0 fully saturated rings. The van der Waals surface area contributed by atoms with Crippen LogP contribution in [0.15, 0.2) is 51.5 Å². The Kier molecular flexibility index (Phi) is 6.38. The van der Waals surface area contributed by atoms with Crippen LogP contribution < -0.4 is 5.32 Å². The first kappa shape index (κ1) is 20.8. The van der Waals surface area contributed by atoms with Gasteiger partial charge in [0, 0.05) is 16.9 Å². The van der Waals surface area contributed by atoms with Crippen molar-refractivity contribution in [2.24, 2.45) is 5.16 Å². The van der Waals surface area contributed by atoms with Crippen molar-refractivity contribution in [3.05, 3.63) is 51.3 Å². The summed E-state index contributed by atoms with van der Waals surface area (Å²) in [5, 5.41) is 15.8. The highest BCUT2D eigenvalue weighted by Crippen LogP contribution is 2.61. The number of aromatic nitrogens is 1. The van der Waals surface area contributed by atoms with Crippen molar-refractivity contribution in [3.8, 4) is 0 Å². The molecule has 1 aromatic carbocycles. The Bertz CT molecular complexity index is 927. The number of aliphatic hydroxyl groups is 1. The molecule has 28 heavy (non-hydrogen) atoms. The maximum atomic E-state index is 12.7. The molecule has 150 valence electrons. The third kappa shape index (κ3) is 4.90. The molecule has 4 N–H and O–H groups in total. The summed E-state index contributed by atoms with van der Waals surface area (Å²) < 4.78 is 20.9. The minimum absolute atomic E-state index is 0.0553. The van der Waals surface area contributed by atoms with Crippen molar-refractivity contribution in [2.45, 2.75) is 24.3 Å². The first-order valence-corrected chi connectivity index (χ1v) is 10.9. The van der Waals surface area contributed by atoms with E-state index in [2.05, 4.69) is 15.5 Å². The maximum absolute atomic E-state index is 12.7. The van der Waals surface area contributed by atoms with Gasteiger partial charge in [0.2, 0.25) is 0 Å². The number of oxime groups is 1. The van der Waals surface area contributed by atoms with Crippen LogP contribution in [0.4, 0.5) is 5.13 Å². The van der Waals surface area contributed by atoms with E-state index in [9.17, 15) is 13.9 Å². The summed E-state index contributed by atoms with van der Waals surface area (Å²) in [4.78, 5) is 22.7. The Balaban J connectivity index is 1.85. The number of carbonyl (C=O) groups is 1. The lowest BCUT2D eigenvalue weighted by molar-refractivity contribution is -0.110. The summed E-state index contributed by atoms with van der Waals surface area (Å²) in [5.41, 5.74) is 0.342. The molecule has 0 saturated carbocycles. The minimum Gasteiger partial charge on any atom is -0.392 e. The van der Waals surface area contributed by atoms with Crippen LogP contribution in [0.3, 0.4) is 0 Å². The van der Waals surface area contributed by atoms with Gasteiger partial charge in [0.05, 0.1) is 17.7 Å². The quantitative estimate of drug-likeness (QED) is 0.362. The molecule has 1 aliphatic rings. The zero-order chi connectivity index (χ0) is 20.3. The number of amides is 1. The fourth-order valence-corrected chi connectivity index (χ4v) is 4.27. The highest BCUT2D eigenvalue weighted by molar-refractivity contribution is 8.27. The van der Waals surface area contributed by atoms with Gasteiger partial charge in [-0.1, -0.05) is 46.3 Å². The SMILES string of the molecule is C[C@@H](CO)ON=C(C(=O)Nc1ncc(Cl)s1)c1ccc(S(O)(O)C2=CC2)cc1. The number of thiazole rings is 1. The Morgan fingerprint density at radius 2 is 2.11 bits per heavy atom. The van der Waals surface area contributed by atoms with Crippen molar-refractivity contribution in [1.82, 2.24) is 4.98 Å². The molecule has 3 rings (SSSR count). The Hall–Kier alpha value is -1.95. The second-order valence-electron chi connectivity index (χ2n) is 5.91. The number of rotatable bonds is 8. The lowest BCUT2D eigenvalue weighted by Gasteiger charge is -2.30. The van der Waals surface area contributed by atoms with E-state index in [1.807, 2.05) is 0 Å². The van der Waals surface area contributed by atoms with E-state index >= 15 is 0 Å². The van der Waals surface area contributed by atoms with Gasteiger partial charge in [0.15, 0.2) is 10.8 Å². The number of nitrogens with zero attached hydrogens (tertiary/aromatic N) is 2. The standard InChI is InChI=1S/C17H18ClN3O5S2/c1-10(9-22)26-21-15(16(23)20-17-19-8-14(18)27-17)11-2-4-12(5-3-11)28(24,25)13-6-7-13/h2-6,8,10,22,24-25H,7,9H2,1H3,(H,19,20,23)/t10-/m0/s1. The van der Waals surface area contributed by atoms with E-state index < -0.39 is 22.6 Å². The van der Waals surface area contributed by atoms with Gasteiger partial charge in [0.25, 0.3) is 5.91 Å². The summed E-state index contributed by atoms with van der Waals surface area (Å²) >= 11 is 6.92. The van der Waals surface area contributed by atoms with Gasteiger partial charge in [0.1, 0.15) is 10.4 Å². The van der Waals surface area contributed by atoms with Crippen molar-refractivity contribution >= 4 is 50.3 Å². The second-order valence-corrected chi connectivity index (χ2v) is 9.67. The topological polar surface area (TPSA) is 124 Å². The van der Waals surface area contributed by atoms with Crippen LogP contribution in [0, 0.1) is 0 Å². The number of hydrogen-bond acceptors (Lipinski definition) is 8. The number of carbonyl (C=O) groups excluding carboxylic acids is 1. The summed E-state index contributed by atoms with van der Waals surface area (Å²) in [5.74, 6) is -0.583. The molecule has 1 heterocycles. The number of anilines is 1. The summed E-state index contributed by atoms with van der Waals surface area (Å²) in [6.07, 6.45) is 3.15. The zero-order valence-electron chi connectivity index (χ0n) is 14.7. The highest BCUT2D eigenvalue weighted by atomic mass is 35.5. The smallest absolute Gasteiger partial charge is 0.280 e. The molecule has 0 radical (unpaired) electrons. The molecular weight excluding hydrogens is 426 g/mol. The van der Waals surface area contributed by atoms with Crippen molar-refractivity contribution in [1.29, 1.82) is 0 Å². The number of benzene rings is 1. The van der Waals surface area contributed by atoms with E-state index in [0.29, 0.717) is 31.3 Å². The molecule has 0 unspecified atom stereocenters. The maximum Gasteiger partial charge on any atom is 0.280 e. The lowest BCUT2D eigenvalue weighted by atomic mass is 10.1. The molecule has 0 aliphatic heterocycles. The Labute approximate surface area is 171 Å². The Morgan fingerprint density at radius 1 is 1.43 bits per heavy atom. The van der Waals surface area contributed by atoms with Gasteiger partial charge in [-0.3, -0.25) is 19.2 Å². The highest BCUT2D eigenvalue weighted by Gasteiger charge is 2.27. The van der Waals surface area contributed by atoms with E-state index in [1.54, 1.807) is 25.1 Å². The van der Waals surface area contributed by atoms with E-state index in [1.165, 1.54) is 18.3 Å². The first-order valence-electron chi connectivity index (χ1n) is 8.16. The number of hydrogen-bond donors (Lipinski definition) is 4. The molecule has 1 aliphatic carbocycles. The molecule has 2 aromatic rings. The van der Waals surface area contributed by atoms with E-state index in [4.69, 9.17) is 21.5 Å². The lowest BCUT2D eigenvalue weighted by Crippen LogP contribution is -2.25. The molecule has 0 spiro atoms. The van der Waals surface area contributed by atoms with Gasteiger partial charge in [-0.05, 0) is 19.1 Å². The van der Waals surface area contributed by atoms with Crippen LogP contribution in [0.2, 0.25) is 4.34 Å². The fraction of sp³-hybridized carbons (Fsp3) is 0.235. The third-order valence-electron chi connectivity index (χ3n) is 3.69. The second kappa shape index (κ2) is 8.60. The molecule has 1 amide bonds. The predicted octanol–water partition coefficient (Wildman–Crippen LogP) is 3.93. The molecule has 0 bridgehead atoms. The summed E-state index contributed by atoms with van der Waals surface area (Å²) in [7, 11) is -2.97. The zero-order valence-corrected chi connectivity index (χ0v) is 17.1. The van der Waals surface area contributed by atoms with Crippen molar-refractivity contribution in [2.75, 3.05) is 11.9 Å². The molecule has 1 aromatic heterocycles. The summed E-state index contributed by atoms with van der Waals surface area (Å²) in [6, 6.07) is 6.16. The van der Waals surface area contributed by atoms with Crippen LogP contribution in [0.5, 0.6) is 0 Å². The molecule has 11 heteroatoms. The number of aliphatic hydroxyl groups excluding tert-OH is 1. The van der Waals surface area contributed by atoms with Gasteiger partial charge in [-0.2, -0.15) is 0 Å². The van der Waals surface area contributed by atoms with Gasteiger partial charge < -0.3 is 9.94 Å². The Morgan fingerprint density at radius 3 is 2.64 bits per heavy atom. The number of nitrogens with one attached hydrogen (secondary N) is 1. The van der Waals surface area contributed by atoms with Crippen LogP contribution >= 0.6 is 33.5 Å². The first-order chi connectivity index (χ1) is 13.3. The fourth-order valence-electron chi connectivity index (χ4n) is 2.10. The molecule has 0 saturated heterocycles. The van der Waals surface area contributed by atoms with E-state index in [-0.39, 0.29) is 12.3 Å².